The van der Waals surface area contributed by atoms with Gasteiger partial charge < -0.3 is 9.80 Å². The van der Waals surface area contributed by atoms with Crippen LogP contribution in [0.4, 0.5) is 0 Å². The molecule has 2 aliphatic carbocycles. The van der Waals surface area contributed by atoms with Gasteiger partial charge in [0.25, 0.3) is 0 Å². The molecule has 0 radical (unpaired) electrons. The molecule has 4 aliphatic rings. The topological polar surface area (TPSA) is 47.1 Å². The van der Waals surface area contributed by atoms with Gasteiger partial charge in [-0.25, -0.2) is 0 Å². The summed E-state index contributed by atoms with van der Waals surface area (Å²) in [5.74, 6) is 0.150. The summed E-state index contributed by atoms with van der Waals surface area (Å²) in [7, 11) is 4.03. The first kappa shape index (κ1) is 23.1. The van der Waals surface area contributed by atoms with E-state index in [2.05, 4.69) is 47.2 Å². The molecule has 6 rings (SSSR count). The Balaban J connectivity index is 0.000000142. The average molecular weight is 461 g/mol. The smallest absolute Gasteiger partial charge is 0.249 e. The van der Waals surface area contributed by atoms with E-state index in [-0.39, 0.29) is 18.4 Å². The number of carbonyl (C=O) groups is 2. The minimum Gasteiger partial charge on any atom is -0.329 e. The molecular weight excluding hydrogens is 424 g/mol. The average Bonchev–Trinajstić information content (AvgIpc) is 3.78. The third kappa shape index (κ3) is 4.62. The van der Waals surface area contributed by atoms with Crippen molar-refractivity contribution >= 4 is 11.8 Å². The Morgan fingerprint density at radius 1 is 0.765 bits per heavy atom. The van der Waals surface area contributed by atoms with Gasteiger partial charge in [-0.2, -0.15) is 0 Å². The maximum Gasteiger partial charge on any atom is 0.249 e. The van der Waals surface area contributed by atoms with Crippen molar-refractivity contribution < 1.29 is 9.59 Å². The fraction of sp³-hybridized carbons (Fsp3) is 0.500. The van der Waals surface area contributed by atoms with E-state index in [1.54, 1.807) is 16.8 Å². The fourth-order valence-corrected chi connectivity index (χ4v) is 5.42. The molecule has 2 aliphatic heterocycles. The molecule has 0 atom stereocenters. The monoisotopic (exact) mass is 460 g/mol. The minimum absolute atomic E-state index is 0.0445. The molecule has 2 saturated heterocycles. The van der Waals surface area contributed by atoms with Gasteiger partial charge in [-0.05, 0) is 43.9 Å². The van der Waals surface area contributed by atoms with Gasteiger partial charge in [-0.3, -0.25) is 19.4 Å². The van der Waals surface area contributed by atoms with Crippen LogP contribution < -0.4 is 0 Å². The van der Waals surface area contributed by atoms with E-state index < -0.39 is 5.54 Å². The molecule has 2 aromatic rings. The minimum atomic E-state index is -0.510. The molecule has 0 N–H and O–H groups in total. The van der Waals surface area contributed by atoms with Crippen LogP contribution in [0.25, 0.3) is 0 Å². The van der Waals surface area contributed by atoms with Gasteiger partial charge in [-0.15, -0.1) is 0 Å². The highest BCUT2D eigenvalue weighted by Crippen LogP contribution is 2.45. The lowest BCUT2D eigenvalue weighted by atomic mass is 10.1. The maximum atomic E-state index is 12.4. The molecule has 2 amide bonds. The lowest BCUT2D eigenvalue weighted by molar-refractivity contribution is -0.156. The standard InChI is InChI=1S/C14H16N2O2.C14H20N2/c1-15-12(17)10-16(13(18)14(15)7-8-14)9-11-5-3-2-4-6-11;1-15-9-10-16(12-14(15)7-8-14)11-13-5-3-2-4-6-13/h2-6H,7-10H2,1H3;2-6H,7-12H2,1H3. The van der Waals surface area contributed by atoms with Crippen LogP contribution in [0.5, 0.6) is 0 Å². The number of likely N-dealkylation sites (N-methyl/N-ethyl adjacent to an activating group) is 2. The zero-order chi connectivity index (χ0) is 23.8. The van der Waals surface area contributed by atoms with Gasteiger partial charge in [0.1, 0.15) is 12.1 Å². The molecule has 0 aromatic heterocycles. The van der Waals surface area contributed by atoms with Crippen molar-refractivity contribution in [2.24, 2.45) is 0 Å². The summed E-state index contributed by atoms with van der Waals surface area (Å²) in [6, 6.07) is 20.6. The maximum absolute atomic E-state index is 12.4. The van der Waals surface area contributed by atoms with Gasteiger partial charge in [0, 0.05) is 45.3 Å². The van der Waals surface area contributed by atoms with Gasteiger partial charge in [0.05, 0.1) is 0 Å². The molecule has 0 unspecified atom stereocenters. The number of hydrogen-bond donors (Lipinski definition) is 0. The van der Waals surface area contributed by atoms with Gasteiger partial charge >= 0.3 is 0 Å². The second-order valence-electron chi connectivity index (χ2n) is 10.5. The number of piperazine rings is 2. The molecule has 4 fully saturated rings. The van der Waals surface area contributed by atoms with Crippen LogP contribution in [0.3, 0.4) is 0 Å². The van der Waals surface area contributed by atoms with Gasteiger partial charge in [0.15, 0.2) is 0 Å². The summed E-state index contributed by atoms with van der Waals surface area (Å²) in [5.41, 5.74) is 2.55. The normalized spacial score (nSPS) is 23.1. The van der Waals surface area contributed by atoms with Crippen LogP contribution in [-0.4, -0.2) is 82.8 Å². The summed E-state index contributed by atoms with van der Waals surface area (Å²) >= 11 is 0. The molecular formula is C28H36N4O2. The number of rotatable bonds is 4. The summed E-state index contributed by atoms with van der Waals surface area (Å²) in [4.78, 5) is 32.8. The first-order valence-corrected chi connectivity index (χ1v) is 12.5. The Hall–Kier alpha value is -2.70. The molecule has 2 heterocycles. The van der Waals surface area contributed by atoms with E-state index >= 15 is 0 Å². The van der Waals surface area contributed by atoms with Crippen LogP contribution in [-0.2, 0) is 22.7 Å². The summed E-state index contributed by atoms with van der Waals surface area (Å²) in [6.45, 7) is 5.56. The summed E-state index contributed by atoms with van der Waals surface area (Å²) in [6.07, 6.45) is 4.41. The van der Waals surface area contributed by atoms with Crippen molar-refractivity contribution in [3.8, 4) is 0 Å². The van der Waals surface area contributed by atoms with Crippen LogP contribution in [0, 0.1) is 0 Å². The van der Waals surface area contributed by atoms with Crippen LogP contribution in [0.2, 0.25) is 0 Å². The van der Waals surface area contributed by atoms with E-state index in [1.165, 1.54) is 38.0 Å². The molecule has 6 nitrogen and oxygen atoms in total. The highest BCUT2D eigenvalue weighted by molar-refractivity contribution is 5.99. The van der Waals surface area contributed by atoms with Crippen molar-refractivity contribution in [2.75, 3.05) is 40.3 Å². The highest BCUT2D eigenvalue weighted by Gasteiger charge is 2.59. The van der Waals surface area contributed by atoms with Gasteiger partial charge in [0.2, 0.25) is 11.8 Å². The van der Waals surface area contributed by atoms with E-state index in [0.29, 0.717) is 12.1 Å². The SMILES string of the molecule is CN1C(=O)CN(Cc2ccccc2)C(=O)C12CC2.CN1CCN(Cc2ccccc2)CC12CC2. The third-order valence-electron chi connectivity index (χ3n) is 8.12. The Kier molecular flexibility index (Phi) is 6.21. The summed E-state index contributed by atoms with van der Waals surface area (Å²) in [5, 5.41) is 0. The molecule has 2 saturated carbocycles. The van der Waals surface area contributed by atoms with Crippen molar-refractivity contribution in [3.05, 3.63) is 71.8 Å². The lowest BCUT2D eigenvalue weighted by Crippen LogP contribution is -2.59. The fourth-order valence-electron chi connectivity index (χ4n) is 5.42. The largest absolute Gasteiger partial charge is 0.329 e. The second-order valence-corrected chi connectivity index (χ2v) is 10.5. The van der Waals surface area contributed by atoms with Crippen LogP contribution >= 0.6 is 0 Å². The predicted molar refractivity (Wildman–Crippen MR) is 133 cm³/mol. The van der Waals surface area contributed by atoms with Crippen LogP contribution in [0.15, 0.2) is 60.7 Å². The number of nitrogens with zero attached hydrogens (tertiary/aromatic N) is 4. The highest BCUT2D eigenvalue weighted by atomic mass is 16.2. The Bertz CT molecular complexity index is 1020. The van der Waals surface area contributed by atoms with Crippen molar-refractivity contribution in [1.29, 1.82) is 0 Å². The zero-order valence-electron chi connectivity index (χ0n) is 20.4. The Morgan fingerprint density at radius 3 is 1.91 bits per heavy atom. The summed E-state index contributed by atoms with van der Waals surface area (Å²) < 4.78 is 0. The molecule has 0 bridgehead atoms. The van der Waals surface area contributed by atoms with Crippen molar-refractivity contribution in [2.45, 2.75) is 49.9 Å². The molecule has 6 heteroatoms. The predicted octanol–water partition coefficient (Wildman–Crippen LogP) is 2.99. The van der Waals surface area contributed by atoms with Crippen molar-refractivity contribution in [3.63, 3.8) is 0 Å². The first-order valence-electron chi connectivity index (χ1n) is 12.5. The van der Waals surface area contributed by atoms with E-state index in [1.807, 2.05) is 30.3 Å². The van der Waals surface area contributed by atoms with E-state index in [9.17, 15) is 9.59 Å². The zero-order valence-corrected chi connectivity index (χ0v) is 20.4. The molecule has 180 valence electrons. The number of benzene rings is 2. The second kappa shape index (κ2) is 9.16. The third-order valence-corrected chi connectivity index (χ3v) is 8.12. The molecule has 2 spiro atoms. The Labute approximate surface area is 203 Å². The number of hydrogen-bond acceptors (Lipinski definition) is 4. The van der Waals surface area contributed by atoms with Crippen LogP contribution in [0.1, 0.15) is 36.8 Å². The Morgan fingerprint density at radius 2 is 1.35 bits per heavy atom. The van der Waals surface area contributed by atoms with E-state index in [0.717, 1.165) is 24.9 Å². The lowest BCUT2D eigenvalue weighted by Gasteiger charge is -2.40. The first-order chi connectivity index (χ1) is 16.4. The molecule has 34 heavy (non-hydrogen) atoms. The number of amides is 2. The quantitative estimate of drug-likeness (QED) is 0.704. The number of carbonyl (C=O) groups excluding carboxylic acids is 2. The van der Waals surface area contributed by atoms with Gasteiger partial charge in [-0.1, -0.05) is 60.7 Å². The van der Waals surface area contributed by atoms with Crippen molar-refractivity contribution in [1.82, 2.24) is 19.6 Å². The molecule has 2 aromatic carbocycles. The van der Waals surface area contributed by atoms with E-state index in [4.69, 9.17) is 0 Å².